The Morgan fingerprint density at radius 3 is 2.73 bits per heavy atom. The Bertz CT molecular complexity index is 359. The Kier molecular flexibility index (Phi) is 4.14. The Balaban J connectivity index is 2.66. The minimum atomic E-state index is -1.27. The van der Waals surface area contributed by atoms with Crippen LogP contribution in [0.5, 0.6) is 0 Å². The molecule has 0 aliphatic rings. The lowest BCUT2D eigenvalue weighted by Crippen LogP contribution is -2.20. The first kappa shape index (κ1) is 11.5. The van der Waals surface area contributed by atoms with E-state index < -0.39 is 12.2 Å². The van der Waals surface area contributed by atoms with Gasteiger partial charge in [0.15, 0.2) is 0 Å². The summed E-state index contributed by atoms with van der Waals surface area (Å²) in [6, 6.07) is 2.92. The van der Waals surface area contributed by atoms with Crippen molar-refractivity contribution >= 4 is 0 Å². The maximum atomic E-state index is 9.52. The molecule has 1 aromatic rings. The molecule has 0 aromatic carbocycles. The molecule has 1 heterocycles. The first-order valence-corrected chi connectivity index (χ1v) is 4.25. The first-order chi connectivity index (χ1) is 7.19. The van der Waals surface area contributed by atoms with Crippen LogP contribution in [0.4, 0.5) is 0 Å². The molecular weight excluding hydrogens is 202 g/mol. The summed E-state index contributed by atoms with van der Waals surface area (Å²) in [7, 11) is 0. The average Bonchev–Trinajstić information content (AvgIpc) is 2.73. The molecule has 1 aromatic heterocycles. The fraction of sp³-hybridized carbons (Fsp3) is 0.500. The third-order valence-electron chi connectivity index (χ3n) is 1.83. The van der Waals surface area contributed by atoms with Gasteiger partial charge in [-0.15, -0.1) is 0 Å². The second-order valence-electron chi connectivity index (χ2n) is 2.89. The number of azide groups is 1. The highest BCUT2D eigenvalue weighted by atomic mass is 16.4. The van der Waals surface area contributed by atoms with Gasteiger partial charge < -0.3 is 19.7 Å². The van der Waals surface area contributed by atoms with Crippen molar-refractivity contribution in [2.75, 3.05) is 6.54 Å². The molecule has 0 amide bonds. The van der Waals surface area contributed by atoms with Crippen molar-refractivity contribution < 1.29 is 19.7 Å². The largest absolute Gasteiger partial charge is 0.461 e. The zero-order chi connectivity index (χ0) is 11.3. The van der Waals surface area contributed by atoms with Gasteiger partial charge in [0, 0.05) is 4.91 Å². The Labute approximate surface area is 85.2 Å². The lowest BCUT2D eigenvalue weighted by Gasteiger charge is -2.12. The summed E-state index contributed by atoms with van der Waals surface area (Å²) in [5.74, 6) is 0.416. The van der Waals surface area contributed by atoms with Crippen LogP contribution in [0.25, 0.3) is 10.4 Å². The van der Waals surface area contributed by atoms with E-state index in [0.29, 0.717) is 5.76 Å². The number of hydrogen-bond acceptors (Lipinski definition) is 5. The highest BCUT2D eigenvalue weighted by Gasteiger charge is 2.20. The predicted molar refractivity (Wildman–Crippen MR) is 49.6 cm³/mol. The molecule has 82 valence electrons. The summed E-state index contributed by atoms with van der Waals surface area (Å²) in [5, 5.41) is 30.7. The lowest BCUT2D eigenvalue weighted by molar-refractivity contribution is 0.00988. The molecule has 0 aliphatic heterocycles. The summed E-state index contributed by atoms with van der Waals surface area (Å²) < 4.78 is 5.00. The van der Waals surface area contributed by atoms with Crippen LogP contribution in [0.15, 0.2) is 21.7 Å². The highest BCUT2D eigenvalue weighted by molar-refractivity contribution is 5.09. The maximum Gasteiger partial charge on any atom is 0.137 e. The topological polar surface area (TPSA) is 123 Å². The van der Waals surface area contributed by atoms with Gasteiger partial charge in [-0.25, -0.2) is 0 Å². The molecule has 7 heteroatoms. The third-order valence-corrected chi connectivity index (χ3v) is 1.83. The minimum absolute atomic E-state index is 0.125. The molecule has 0 saturated carbocycles. The van der Waals surface area contributed by atoms with E-state index in [0.717, 1.165) is 0 Å². The van der Waals surface area contributed by atoms with Crippen molar-refractivity contribution in [2.45, 2.75) is 18.8 Å². The van der Waals surface area contributed by atoms with E-state index in [2.05, 4.69) is 10.0 Å². The summed E-state index contributed by atoms with van der Waals surface area (Å²) in [6.07, 6.45) is -2.49. The summed E-state index contributed by atoms with van der Waals surface area (Å²) in [5.41, 5.74) is 8.02. The van der Waals surface area contributed by atoms with Crippen molar-refractivity contribution in [1.82, 2.24) is 0 Å². The standard InChI is InChI=1S/C8H11N3O4/c9-11-10-3-6(13)8(14)7-2-1-5(4-12)15-7/h1-2,6,8,12-14H,3-4H2. The lowest BCUT2D eigenvalue weighted by atomic mass is 10.1. The number of aliphatic hydroxyl groups is 3. The molecule has 0 radical (unpaired) electrons. The maximum absolute atomic E-state index is 9.52. The van der Waals surface area contributed by atoms with Crippen LogP contribution in [0.2, 0.25) is 0 Å². The van der Waals surface area contributed by atoms with E-state index in [9.17, 15) is 10.2 Å². The van der Waals surface area contributed by atoms with E-state index in [1.54, 1.807) is 0 Å². The third kappa shape index (κ3) is 2.97. The fourth-order valence-electron chi connectivity index (χ4n) is 1.05. The molecule has 2 unspecified atom stereocenters. The molecule has 3 N–H and O–H groups in total. The second kappa shape index (κ2) is 5.38. The van der Waals surface area contributed by atoms with Crippen molar-refractivity contribution in [3.05, 3.63) is 34.1 Å². The molecular formula is C8H11N3O4. The fourth-order valence-corrected chi connectivity index (χ4v) is 1.05. The Morgan fingerprint density at radius 2 is 2.20 bits per heavy atom. The SMILES string of the molecule is [N-]=[N+]=NCC(O)C(O)c1ccc(CO)o1. The number of rotatable bonds is 5. The van der Waals surface area contributed by atoms with E-state index in [-0.39, 0.29) is 18.9 Å². The van der Waals surface area contributed by atoms with Crippen molar-refractivity contribution in [3.63, 3.8) is 0 Å². The molecule has 0 spiro atoms. The van der Waals surface area contributed by atoms with Gasteiger partial charge in [-0.2, -0.15) is 0 Å². The van der Waals surface area contributed by atoms with Gasteiger partial charge in [-0.05, 0) is 17.7 Å². The van der Waals surface area contributed by atoms with Crippen LogP contribution in [0, 0.1) is 0 Å². The Hall–Kier alpha value is -1.53. The van der Waals surface area contributed by atoms with Crippen LogP contribution in [0.1, 0.15) is 17.6 Å². The molecule has 0 saturated heterocycles. The average molecular weight is 213 g/mol. The summed E-state index contributed by atoms with van der Waals surface area (Å²) in [4.78, 5) is 2.46. The monoisotopic (exact) mass is 213 g/mol. The van der Waals surface area contributed by atoms with Crippen LogP contribution < -0.4 is 0 Å². The highest BCUT2D eigenvalue weighted by Crippen LogP contribution is 2.20. The minimum Gasteiger partial charge on any atom is -0.461 e. The van der Waals surface area contributed by atoms with E-state index >= 15 is 0 Å². The normalized spacial score (nSPS) is 14.3. The molecule has 0 aliphatic carbocycles. The summed E-state index contributed by atoms with van der Waals surface area (Å²) in [6.45, 7) is -0.522. The zero-order valence-electron chi connectivity index (χ0n) is 7.82. The Morgan fingerprint density at radius 1 is 1.47 bits per heavy atom. The molecule has 7 nitrogen and oxygen atoms in total. The molecule has 0 fully saturated rings. The van der Waals surface area contributed by atoms with Gasteiger partial charge in [0.25, 0.3) is 0 Å². The van der Waals surface area contributed by atoms with Crippen molar-refractivity contribution in [1.29, 1.82) is 0 Å². The predicted octanol–water partition coefficient (Wildman–Crippen LogP) is 0.476. The molecule has 15 heavy (non-hydrogen) atoms. The smallest absolute Gasteiger partial charge is 0.137 e. The van der Waals surface area contributed by atoms with Crippen molar-refractivity contribution in [3.8, 4) is 0 Å². The van der Waals surface area contributed by atoms with Gasteiger partial charge in [0.2, 0.25) is 0 Å². The van der Waals surface area contributed by atoms with Gasteiger partial charge in [0.05, 0.1) is 12.6 Å². The second-order valence-corrected chi connectivity index (χ2v) is 2.89. The first-order valence-electron chi connectivity index (χ1n) is 4.25. The molecule has 2 atom stereocenters. The number of aliphatic hydroxyl groups excluding tert-OH is 3. The van der Waals surface area contributed by atoms with Crippen LogP contribution in [0.3, 0.4) is 0 Å². The van der Waals surface area contributed by atoms with E-state index in [4.69, 9.17) is 15.1 Å². The van der Waals surface area contributed by atoms with Crippen LogP contribution in [-0.4, -0.2) is 28.0 Å². The van der Waals surface area contributed by atoms with E-state index in [1.807, 2.05) is 0 Å². The van der Waals surface area contributed by atoms with Gasteiger partial charge in [0.1, 0.15) is 24.2 Å². The van der Waals surface area contributed by atoms with E-state index in [1.165, 1.54) is 12.1 Å². The summed E-state index contributed by atoms with van der Waals surface area (Å²) >= 11 is 0. The number of furan rings is 1. The molecule has 1 rings (SSSR count). The number of nitrogens with zero attached hydrogens (tertiary/aromatic N) is 3. The van der Waals surface area contributed by atoms with Crippen molar-refractivity contribution in [2.24, 2.45) is 5.11 Å². The van der Waals surface area contributed by atoms with Crippen LogP contribution in [-0.2, 0) is 6.61 Å². The molecule has 0 bridgehead atoms. The van der Waals surface area contributed by atoms with Gasteiger partial charge in [-0.3, -0.25) is 0 Å². The number of hydrogen-bond donors (Lipinski definition) is 3. The van der Waals surface area contributed by atoms with Gasteiger partial charge in [-0.1, -0.05) is 5.11 Å². The zero-order valence-corrected chi connectivity index (χ0v) is 7.82. The van der Waals surface area contributed by atoms with Gasteiger partial charge >= 0.3 is 0 Å². The van der Waals surface area contributed by atoms with Crippen LogP contribution >= 0.6 is 0 Å². The quantitative estimate of drug-likeness (QED) is 0.374.